The first-order valence-corrected chi connectivity index (χ1v) is 7.01. The Hall–Kier alpha value is -1.63. The highest BCUT2D eigenvalue weighted by atomic mass is 16.6. The quantitative estimate of drug-likeness (QED) is 0.860. The van der Waals surface area contributed by atoms with Crippen molar-refractivity contribution in [1.82, 2.24) is 20.1 Å². The van der Waals surface area contributed by atoms with E-state index in [2.05, 4.69) is 15.2 Å². The number of piperidine rings is 1. The van der Waals surface area contributed by atoms with Crippen LogP contribution in [-0.2, 0) is 11.3 Å². The number of aromatic nitrogens is 3. The van der Waals surface area contributed by atoms with Gasteiger partial charge < -0.3 is 10.5 Å². The van der Waals surface area contributed by atoms with Crippen LogP contribution in [0.3, 0.4) is 0 Å². The maximum absolute atomic E-state index is 12.3. The molecule has 1 aromatic heterocycles. The highest BCUT2D eigenvalue weighted by Gasteiger charge is 2.33. The zero-order chi connectivity index (χ0) is 14.8. The lowest BCUT2D eigenvalue weighted by Gasteiger charge is -2.35. The highest BCUT2D eigenvalue weighted by Crippen LogP contribution is 2.30. The van der Waals surface area contributed by atoms with Gasteiger partial charge in [0.15, 0.2) is 5.82 Å². The maximum Gasteiger partial charge on any atom is 0.410 e. The zero-order valence-electron chi connectivity index (χ0n) is 12.3. The molecule has 0 bridgehead atoms. The zero-order valence-corrected chi connectivity index (χ0v) is 12.3. The van der Waals surface area contributed by atoms with E-state index in [4.69, 9.17) is 10.5 Å². The number of carbonyl (C=O) groups excluding carboxylic acids is 1. The third-order valence-electron chi connectivity index (χ3n) is 3.17. The number of amides is 1. The number of hydrogen-bond donors (Lipinski definition) is 2. The molecule has 112 valence electrons. The van der Waals surface area contributed by atoms with E-state index in [1.165, 1.54) is 0 Å². The lowest BCUT2D eigenvalue weighted by molar-refractivity contribution is 0.00848. The van der Waals surface area contributed by atoms with E-state index in [9.17, 15) is 4.79 Å². The number of carbonyl (C=O) groups is 1. The van der Waals surface area contributed by atoms with Gasteiger partial charge in [-0.3, -0.25) is 10.00 Å². The first-order chi connectivity index (χ1) is 9.40. The fraction of sp³-hybridized carbons (Fsp3) is 0.769. The summed E-state index contributed by atoms with van der Waals surface area (Å²) in [6, 6.07) is -0.129. The minimum Gasteiger partial charge on any atom is -0.444 e. The second kappa shape index (κ2) is 5.78. The highest BCUT2D eigenvalue weighted by molar-refractivity contribution is 5.68. The standard InChI is InChI=1S/C13H23N5O2/c1-13(2,3)20-12(19)18-7-5-4-6-9(18)11-15-10(8-14)16-17-11/h9H,4-8,14H2,1-3H3,(H,15,16,17). The van der Waals surface area contributed by atoms with Gasteiger partial charge in [-0.1, -0.05) is 0 Å². The van der Waals surface area contributed by atoms with Crippen molar-refractivity contribution in [2.24, 2.45) is 5.73 Å². The summed E-state index contributed by atoms with van der Waals surface area (Å²) in [7, 11) is 0. The normalized spacial score (nSPS) is 20.0. The van der Waals surface area contributed by atoms with Crippen LogP contribution in [0.5, 0.6) is 0 Å². The number of nitrogens with one attached hydrogen (secondary N) is 1. The van der Waals surface area contributed by atoms with Crippen molar-refractivity contribution in [3.63, 3.8) is 0 Å². The van der Waals surface area contributed by atoms with Gasteiger partial charge in [0.1, 0.15) is 11.4 Å². The van der Waals surface area contributed by atoms with Crippen LogP contribution in [0.25, 0.3) is 0 Å². The predicted molar refractivity (Wildman–Crippen MR) is 73.8 cm³/mol. The van der Waals surface area contributed by atoms with Gasteiger partial charge in [-0.2, -0.15) is 5.10 Å². The van der Waals surface area contributed by atoms with Gasteiger partial charge >= 0.3 is 6.09 Å². The van der Waals surface area contributed by atoms with Gasteiger partial charge in [0.2, 0.25) is 0 Å². The van der Waals surface area contributed by atoms with Crippen LogP contribution in [0.15, 0.2) is 0 Å². The summed E-state index contributed by atoms with van der Waals surface area (Å²) in [6.45, 7) is 6.58. The number of nitrogens with two attached hydrogens (primary N) is 1. The summed E-state index contributed by atoms with van der Waals surface area (Å²) in [5.74, 6) is 1.26. The Kier molecular flexibility index (Phi) is 4.27. The average molecular weight is 281 g/mol. The van der Waals surface area contributed by atoms with Gasteiger partial charge in [-0.15, -0.1) is 0 Å². The number of hydrogen-bond acceptors (Lipinski definition) is 5. The smallest absolute Gasteiger partial charge is 0.410 e. The Morgan fingerprint density at radius 2 is 2.25 bits per heavy atom. The van der Waals surface area contributed by atoms with Crippen LogP contribution in [0.2, 0.25) is 0 Å². The van der Waals surface area contributed by atoms with E-state index < -0.39 is 5.60 Å². The molecule has 20 heavy (non-hydrogen) atoms. The van der Waals surface area contributed by atoms with E-state index in [1.54, 1.807) is 4.90 Å². The first kappa shape index (κ1) is 14.8. The molecule has 1 aliphatic rings. The van der Waals surface area contributed by atoms with Gasteiger partial charge in [-0.05, 0) is 40.0 Å². The van der Waals surface area contributed by atoms with Gasteiger partial charge in [0, 0.05) is 6.54 Å². The molecule has 7 nitrogen and oxygen atoms in total. The van der Waals surface area contributed by atoms with E-state index >= 15 is 0 Å². The topological polar surface area (TPSA) is 97.1 Å². The van der Waals surface area contributed by atoms with Gasteiger partial charge in [-0.25, -0.2) is 9.78 Å². The van der Waals surface area contributed by atoms with Crippen molar-refractivity contribution in [2.45, 2.75) is 58.2 Å². The molecule has 0 saturated carbocycles. The molecule has 2 heterocycles. The van der Waals surface area contributed by atoms with Crippen LogP contribution >= 0.6 is 0 Å². The van der Waals surface area contributed by atoms with Crippen molar-refractivity contribution >= 4 is 6.09 Å². The molecule has 0 radical (unpaired) electrons. The first-order valence-electron chi connectivity index (χ1n) is 7.01. The summed E-state index contributed by atoms with van der Waals surface area (Å²) in [4.78, 5) is 18.3. The number of ether oxygens (including phenoxy) is 1. The molecule has 7 heteroatoms. The molecule has 1 amide bonds. The van der Waals surface area contributed by atoms with Crippen LogP contribution < -0.4 is 5.73 Å². The monoisotopic (exact) mass is 281 g/mol. The summed E-state index contributed by atoms with van der Waals surface area (Å²) < 4.78 is 5.46. The Morgan fingerprint density at radius 3 is 2.85 bits per heavy atom. The SMILES string of the molecule is CC(C)(C)OC(=O)N1CCCCC1c1n[nH]c(CN)n1. The van der Waals surface area contributed by atoms with Crippen LogP contribution in [-0.4, -0.2) is 38.3 Å². The minimum atomic E-state index is -0.500. The molecule has 2 rings (SSSR count). The second-order valence-electron chi connectivity index (χ2n) is 6.03. The maximum atomic E-state index is 12.3. The summed E-state index contributed by atoms with van der Waals surface area (Å²) in [5, 5.41) is 6.97. The Bertz CT molecular complexity index is 466. The largest absolute Gasteiger partial charge is 0.444 e. The van der Waals surface area contributed by atoms with Crippen LogP contribution in [0, 0.1) is 0 Å². The molecule has 1 fully saturated rings. The Balaban J connectivity index is 2.14. The van der Waals surface area contributed by atoms with Crippen molar-refractivity contribution in [1.29, 1.82) is 0 Å². The fourth-order valence-electron chi connectivity index (χ4n) is 2.29. The predicted octanol–water partition coefficient (Wildman–Crippen LogP) is 1.73. The molecular formula is C13H23N5O2. The lowest BCUT2D eigenvalue weighted by atomic mass is 10.0. The lowest BCUT2D eigenvalue weighted by Crippen LogP contribution is -2.42. The van der Waals surface area contributed by atoms with Crippen LogP contribution in [0.1, 0.15) is 57.7 Å². The molecule has 0 aromatic carbocycles. The van der Waals surface area contributed by atoms with Crippen molar-refractivity contribution < 1.29 is 9.53 Å². The number of nitrogens with zero attached hydrogens (tertiary/aromatic N) is 3. The van der Waals surface area contributed by atoms with E-state index in [0.717, 1.165) is 19.3 Å². The van der Waals surface area contributed by atoms with Gasteiger partial charge in [0.25, 0.3) is 0 Å². The number of likely N-dealkylation sites (tertiary alicyclic amines) is 1. The number of rotatable bonds is 2. The van der Waals surface area contributed by atoms with Crippen LogP contribution in [0.4, 0.5) is 4.79 Å². The fourth-order valence-corrected chi connectivity index (χ4v) is 2.29. The van der Waals surface area contributed by atoms with E-state index in [1.807, 2.05) is 20.8 Å². The number of H-pyrrole nitrogens is 1. The molecule has 1 aromatic rings. The van der Waals surface area contributed by atoms with Crippen molar-refractivity contribution in [3.05, 3.63) is 11.6 Å². The second-order valence-corrected chi connectivity index (χ2v) is 6.03. The van der Waals surface area contributed by atoms with Crippen molar-refractivity contribution in [3.8, 4) is 0 Å². The Morgan fingerprint density at radius 1 is 1.50 bits per heavy atom. The third-order valence-corrected chi connectivity index (χ3v) is 3.17. The molecule has 1 unspecified atom stereocenters. The summed E-state index contributed by atoms with van der Waals surface area (Å²) in [6.07, 6.45) is 2.57. The summed E-state index contributed by atoms with van der Waals surface area (Å²) >= 11 is 0. The van der Waals surface area contributed by atoms with Crippen molar-refractivity contribution in [2.75, 3.05) is 6.54 Å². The minimum absolute atomic E-state index is 0.129. The Labute approximate surface area is 118 Å². The molecule has 1 saturated heterocycles. The van der Waals surface area contributed by atoms with Gasteiger partial charge in [0.05, 0.1) is 12.6 Å². The molecule has 3 N–H and O–H groups in total. The third kappa shape index (κ3) is 3.47. The summed E-state index contributed by atoms with van der Waals surface area (Å²) in [5.41, 5.74) is 5.03. The molecule has 0 spiro atoms. The molecule has 1 aliphatic heterocycles. The molecular weight excluding hydrogens is 258 g/mol. The average Bonchev–Trinajstić information content (AvgIpc) is 2.85. The molecule has 0 aliphatic carbocycles. The molecule has 1 atom stereocenters. The van der Waals surface area contributed by atoms with E-state index in [0.29, 0.717) is 24.7 Å². The number of aromatic amines is 1. The van der Waals surface area contributed by atoms with E-state index in [-0.39, 0.29) is 12.1 Å².